The number of hydrogen-bond donors (Lipinski definition) is 1. The normalized spacial score (nSPS) is 24.1. The van der Waals surface area contributed by atoms with Crippen molar-refractivity contribution in [3.05, 3.63) is 12.4 Å². The van der Waals surface area contributed by atoms with E-state index in [1.807, 2.05) is 13.8 Å². The minimum absolute atomic E-state index is 0.0780. The number of nitrogens with zero attached hydrogens (tertiary/aromatic N) is 3. The summed E-state index contributed by atoms with van der Waals surface area (Å²) in [6, 6.07) is 0. The molecule has 2 rings (SSSR count). The van der Waals surface area contributed by atoms with Crippen LogP contribution >= 0.6 is 0 Å². The van der Waals surface area contributed by atoms with Crippen molar-refractivity contribution in [3.8, 4) is 0 Å². The number of carboxylic acid groups (broad SMARTS) is 1. The first-order valence-corrected chi connectivity index (χ1v) is 8.13. The van der Waals surface area contributed by atoms with Gasteiger partial charge in [-0.3, -0.25) is 9.48 Å². The third kappa shape index (κ3) is 3.80. The minimum Gasteiger partial charge on any atom is -0.481 e. The molecule has 1 aromatic heterocycles. The van der Waals surface area contributed by atoms with E-state index in [0.29, 0.717) is 13.1 Å². The number of aryl methyl sites for hydroxylation is 1. The van der Waals surface area contributed by atoms with Crippen LogP contribution in [0, 0.1) is 0 Å². The SMILES string of the molecule is CC1CN(S(=O)(=O)c2cnn(CCC(=O)O)c2)CC(C)O1. The molecule has 0 radical (unpaired) electrons. The van der Waals surface area contributed by atoms with Gasteiger partial charge in [0.05, 0.1) is 31.4 Å². The Morgan fingerprint density at radius 2 is 2.05 bits per heavy atom. The molecule has 0 aliphatic carbocycles. The van der Waals surface area contributed by atoms with Crippen LogP contribution < -0.4 is 0 Å². The summed E-state index contributed by atoms with van der Waals surface area (Å²) in [6.45, 7) is 4.39. The van der Waals surface area contributed by atoms with Gasteiger partial charge in [0.25, 0.3) is 0 Å². The first-order valence-electron chi connectivity index (χ1n) is 6.69. The molecule has 2 unspecified atom stereocenters. The van der Waals surface area contributed by atoms with Gasteiger partial charge < -0.3 is 9.84 Å². The summed E-state index contributed by atoms with van der Waals surface area (Å²) in [7, 11) is -3.62. The number of morpholine rings is 1. The largest absolute Gasteiger partial charge is 0.481 e. The first kappa shape index (κ1) is 15.9. The van der Waals surface area contributed by atoms with E-state index in [-0.39, 0.29) is 30.1 Å². The smallest absolute Gasteiger partial charge is 0.305 e. The van der Waals surface area contributed by atoms with E-state index in [1.54, 1.807) is 0 Å². The molecule has 1 saturated heterocycles. The summed E-state index contributed by atoms with van der Waals surface area (Å²) >= 11 is 0. The molecule has 0 spiro atoms. The maximum Gasteiger partial charge on any atom is 0.305 e. The van der Waals surface area contributed by atoms with E-state index in [0.717, 1.165) is 0 Å². The fourth-order valence-electron chi connectivity index (χ4n) is 2.29. The molecule has 1 N–H and O–H groups in total. The van der Waals surface area contributed by atoms with Crippen LogP contribution in [0.3, 0.4) is 0 Å². The van der Waals surface area contributed by atoms with Gasteiger partial charge in [-0.05, 0) is 13.8 Å². The summed E-state index contributed by atoms with van der Waals surface area (Å²) in [5, 5.41) is 12.5. The molecule has 9 heteroatoms. The van der Waals surface area contributed by atoms with E-state index in [2.05, 4.69) is 5.10 Å². The quantitative estimate of drug-likeness (QED) is 0.830. The Hall–Kier alpha value is -1.45. The molecular formula is C12H19N3O5S. The van der Waals surface area contributed by atoms with Gasteiger partial charge in [-0.1, -0.05) is 0 Å². The molecule has 1 aliphatic heterocycles. The van der Waals surface area contributed by atoms with Gasteiger partial charge in [-0.15, -0.1) is 0 Å². The number of hydrogen-bond acceptors (Lipinski definition) is 5. The average molecular weight is 317 g/mol. The Kier molecular flexibility index (Phi) is 4.64. The molecule has 0 amide bonds. The topological polar surface area (TPSA) is 102 Å². The number of rotatable bonds is 5. The van der Waals surface area contributed by atoms with E-state index in [4.69, 9.17) is 9.84 Å². The molecule has 21 heavy (non-hydrogen) atoms. The van der Waals surface area contributed by atoms with Crippen LogP contribution in [0.5, 0.6) is 0 Å². The molecule has 1 fully saturated rings. The molecule has 0 saturated carbocycles. The van der Waals surface area contributed by atoms with Crippen molar-refractivity contribution in [2.24, 2.45) is 0 Å². The number of aliphatic carboxylic acids is 1. The molecule has 2 heterocycles. The predicted octanol–water partition coefficient (Wildman–Crippen LogP) is 0.156. The van der Waals surface area contributed by atoms with Gasteiger partial charge in [0.1, 0.15) is 4.90 Å². The summed E-state index contributed by atoms with van der Waals surface area (Å²) in [5.74, 6) is -0.953. The van der Waals surface area contributed by atoms with E-state index >= 15 is 0 Å². The van der Waals surface area contributed by atoms with Crippen LogP contribution in [0.4, 0.5) is 0 Å². The van der Waals surface area contributed by atoms with Crippen LogP contribution in [0.2, 0.25) is 0 Å². The lowest BCUT2D eigenvalue weighted by Crippen LogP contribution is -2.48. The van der Waals surface area contributed by atoms with Crippen LogP contribution in [-0.2, 0) is 26.1 Å². The van der Waals surface area contributed by atoms with Crippen LogP contribution in [0.25, 0.3) is 0 Å². The van der Waals surface area contributed by atoms with Gasteiger partial charge in [0, 0.05) is 19.3 Å². The number of aromatic nitrogens is 2. The highest BCUT2D eigenvalue weighted by molar-refractivity contribution is 7.89. The minimum atomic E-state index is -3.62. The maximum absolute atomic E-state index is 12.5. The monoisotopic (exact) mass is 317 g/mol. The first-order chi connectivity index (χ1) is 9.79. The van der Waals surface area contributed by atoms with E-state index in [9.17, 15) is 13.2 Å². The van der Waals surface area contributed by atoms with Crippen molar-refractivity contribution >= 4 is 16.0 Å². The third-order valence-electron chi connectivity index (χ3n) is 3.19. The maximum atomic E-state index is 12.5. The number of carbonyl (C=O) groups is 1. The van der Waals surface area contributed by atoms with Gasteiger partial charge >= 0.3 is 5.97 Å². The fourth-order valence-corrected chi connectivity index (χ4v) is 3.83. The highest BCUT2D eigenvalue weighted by Gasteiger charge is 2.32. The Morgan fingerprint density at radius 1 is 1.43 bits per heavy atom. The van der Waals surface area contributed by atoms with Crippen molar-refractivity contribution in [1.82, 2.24) is 14.1 Å². The summed E-state index contributed by atoms with van der Waals surface area (Å²) in [5.41, 5.74) is 0. The van der Waals surface area contributed by atoms with Crippen molar-refractivity contribution in [2.45, 2.75) is 43.9 Å². The van der Waals surface area contributed by atoms with Gasteiger partial charge in [0.2, 0.25) is 10.0 Å². The molecule has 118 valence electrons. The lowest BCUT2D eigenvalue weighted by atomic mass is 10.3. The van der Waals surface area contributed by atoms with Crippen molar-refractivity contribution < 1.29 is 23.1 Å². The second-order valence-corrected chi connectivity index (χ2v) is 7.10. The lowest BCUT2D eigenvalue weighted by Gasteiger charge is -2.34. The molecule has 8 nitrogen and oxygen atoms in total. The van der Waals surface area contributed by atoms with Crippen molar-refractivity contribution in [1.29, 1.82) is 0 Å². The number of carboxylic acids is 1. The fraction of sp³-hybridized carbons (Fsp3) is 0.667. The Labute approximate surface area is 123 Å². The summed E-state index contributed by atoms with van der Waals surface area (Å²) in [6.07, 6.45) is 2.19. The second kappa shape index (κ2) is 6.12. The zero-order valence-electron chi connectivity index (χ0n) is 12.0. The highest BCUT2D eigenvalue weighted by Crippen LogP contribution is 2.20. The van der Waals surface area contributed by atoms with Crippen LogP contribution in [-0.4, -0.2) is 58.9 Å². The molecule has 2 atom stereocenters. The Balaban J connectivity index is 2.14. The van der Waals surface area contributed by atoms with Crippen molar-refractivity contribution in [2.75, 3.05) is 13.1 Å². The zero-order chi connectivity index (χ0) is 15.6. The molecular weight excluding hydrogens is 298 g/mol. The number of sulfonamides is 1. The number of ether oxygens (including phenoxy) is 1. The molecule has 0 bridgehead atoms. The zero-order valence-corrected chi connectivity index (χ0v) is 12.8. The third-order valence-corrected chi connectivity index (χ3v) is 4.97. The highest BCUT2D eigenvalue weighted by atomic mass is 32.2. The summed E-state index contributed by atoms with van der Waals surface area (Å²) < 4.78 is 33.3. The van der Waals surface area contributed by atoms with Crippen molar-refractivity contribution in [3.63, 3.8) is 0 Å². The van der Waals surface area contributed by atoms with Gasteiger partial charge in [-0.2, -0.15) is 9.40 Å². The Bertz CT molecular complexity index is 602. The molecule has 1 aliphatic rings. The van der Waals surface area contributed by atoms with Gasteiger partial charge in [-0.25, -0.2) is 8.42 Å². The summed E-state index contributed by atoms with van der Waals surface area (Å²) in [4.78, 5) is 10.6. The molecule has 0 aromatic carbocycles. The van der Waals surface area contributed by atoms with Gasteiger partial charge in [0.15, 0.2) is 0 Å². The molecule has 1 aromatic rings. The average Bonchev–Trinajstić information content (AvgIpc) is 2.84. The van der Waals surface area contributed by atoms with Crippen LogP contribution in [0.15, 0.2) is 17.3 Å². The standard InChI is InChI=1S/C12H19N3O5S/c1-9-6-15(7-10(2)20-9)21(18,19)11-5-13-14(8-11)4-3-12(16)17/h5,8-10H,3-4,6-7H2,1-2H3,(H,16,17). The van der Waals surface area contributed by atoms with E-state index < -0.39 is 16.0 Å². The Morgan fingerprint density at radius 3 is 2.62 bits per heavy atom. The van der Waals surface area contributed by atoms with E-state index in [1.165, 1.54) is 21.4 Å². The second-order valence-electron chi connectivity index (χ2n) is 5.16. The lowest BCUT2D eigenvalue weighted by molar-refractivity contribution is -0.137. The predicted molar refractivity (Wildman–Crippen MR) is 73.2 cm³/mol. The van der Waals surface area contributed by atoms with Crippen LogP contribution in [0.1, 0.15) is 20.3 Å².